The van der Waals surface area contributed by atoms with Gasteiger partial charge < -0.3 is 24.8 Å². The SMILES string of the molecule is COc1ccc(C2(CCc3ccc(O)cc3)CC(O)=C(Sc3cc(C)c(CO)cc3C(C)(C)C)C(=O)O2)cc1. The van der Waals surface area contributed by atoms with E-state index < -0.39 is 11.6 Å². The first-order valence-electron chi connectivity index (χ1n) is 13.0. The topological polar surface area (TPSA) is 96.2 Å². The third kappa shape index (κ3) is 6.26. The van der Waals surface area contributed by atoms with Crippen LogP contribution in [0.5, 0.6) is 11.5 Å². The van der Waals surface area contributed by atoms with Gasteiger partial charge in [-0.1, -0.05) is 62.9 Å². The van der Waals surface area contributed by atoms with Crippen molar-refractivity contribution in [2.45, 2.75) is 69.5 Å². The molecule has 1 unspecified atom stereocenters. The van der Waals surface area contributed by atoms with Crippen LogP contribution in [0.2, 0.25) is 0 Å². The number of thioether (sulfide) groups is 1. The van der Waals surface area contributed by atoms with Gasteiger partial charge in [-0.3, -0.25) is 0 Å². The smallest absolute Gasteiger partial charge is 0.349 e. The van der Waals surface area contributed by atoms with Crippen LogP contribution >= 0.6 is 11.8 Å². The maximum atomic E-state index is 13.6. The van der Waals surface area contributed by atoms with Crippen LogP contribution in [0, 0.1) is 6.92 Å². The van der Waals surface area contributed by atoms with Gasteiger partial charge in [0.05, 0.1) is 20.1 Å². The molecule has 0 radical (unpaired) electrons. The van der Waals surface area contributed by atoms with E-state index in [4.69, 9.17) is 9.47 Å². The molecule has 0 saturated heterocycles. The maximum Gasteiger partial charge on any atom is 0.349 e. The van der Waals surface area contributed by atoms with Crippen molar-refractivity contribution in [2.75, 3.05) is 7.11 Å². The van der Waals surface area contributed by atoms with Crippen LogP contribution in [0.15, 0.2) is 76.2 Å². The van der Waals surface area contributed by atoms with Crippen LogP contribution in [-0.4, -0.2) is 28.4 Å². The molecular weight excluding hydrogens is 512 g/mol. The van der Waals surface area contributed by atoms with Gasteiger partial charge in [-0.25, -0.2) is 4.79 Å². The summed E-state index contributed by atoms with van der Waals surface area (Å²) in [5.74, 6) is 0.282. The third-order valence-electron chi connectivity index (χ3n) is 7.19. The monoisotopic (exact) mass is 548 g/mol. The molecule has 1 heterocycles. The highest BCUT2D eigenvalue weighted by Gasteiger charge is 2.44. The number of hydrogen-bond donors (Lipinski definition) is 3. The Morgan fingerprint density at radius 2 is 1.69 bits per heavy atom. The number of aryl methyl sites for hydroxylation is 2. The highest BCUT2D eigenvalue weighted by atomic mass is 32.2. The normalized spacial score (nSPS) is 17.7. The van der Waals surface area contributed by atoms with E-state index in [0.29, 0.717) is 18.6 Å². The maximum absolute atomic E-state index is 13.6. The number of methoxy groups -OCH3 is 1. The first kappa shape index (κ1) is 28.6. The summed E-state index contributed by atoms with van der Waals surface area (Å²) < 4.78 is 11.5. The number of cyclic esters (lactones) is 1. The van der Waals surface area contributed by atoms with E-state index >= 15 is 0 Å². The van der Waals surface area contributed by atoms with E-state index in [1.807, 2.05) is 55.5 Å². The fraction of sp³-hybridized carbons (Fsp3) is 0.344. The van der Waals surface area contributed by atoms with E-state index in [1.165, 1.54) is 11.8 Å². The zero-order valence-corrected chi connectivity index (χ0v) is 23.9. The molecule has 3 aromatic rings. The average molecular weight is 549 g/mol. The highest BCUT2D eigenvalue weighted by molar-refractivity contribution is 8.04. The largest absolute Gasteiger partial charge is 0.511 e. The molecule has 0 saturated carbocycles. The Kier molecular flexibility index (Phi) is 8.33. The van der Waals surface area contributed by atoms with E-state index in [1.54, 1.807) is 19.2 Å². The zero-order valence-electron chi connectivity index (χ0n) is 23.1. The van der Waals surface area contributed by atoms with Crippen LogP contribution in [0.25, 0.3) is 0 Å². The Bertz CT molecular complexity index is 1370. The molecular formula is C32H36O6S. The molecule has 0 aromatic heterocycles. The van der Waals surface area contributed by atoms with Crippen molar-refractivity contribution in [3.8, 4) is 11.5 Å². The second-order valence-electron chi connectivity index (χ2n) is 11.0. The number of carbonyl (C=O) groups is 1. The van der Waals surface area contributed by atoms with Crippen molar-refractivity contribution in [3.63, 3.8) is 0 Å². The van der Waals surface area contributed by atoms with Gasteiger partial charge in [-0.2, -0.15) is 0 Å². The number of rotatable bonds is 8. The number of aliphatic hydroxyl groups excluding tert-OH is 2. The van der Waals surface area contributed by atoms with Crippen LogP contribution in [0.3, 0.4) is 0 Å². The van der Waals surface area contributed by atoms with E-state index in [-0.39, 0.29) is 34.9 Å². The molecule has 3 aromatic carbocycles. The fourth-order valence-electron chi connectivity index (χ4n) is 4.85. The van der Waals surface area contributed by atoms with Crippen molar-refractivity contribution in [1.82, 2.24) is 0 Å². The number of phenolic OH excluding ortho intramolecular Hbond substituents is 1. The number of ether oxygens (including phenoxy) is 2. The summed E-state index contributed by atoms with van der Waals surface area (Å²) in [6.07, 6.45) is 1.14. The van der Waals surface area contributed by atoms with Gasteiger partial charge in [0.25, 0.3) is 0 Å². The predicted octanol–water partition coefficient (Wildman–Crippen LogP) is 6.84. The van der Waals surface area contributed by atoms with Crippen LogP contribution in [0.4, 0.5) is 0 Å². The van der Waals surface area contributed by atoms with Crippen molar-refractivity contribution < 1.29 is 29.6 Å². The summed E-state index contributed by atoms with van der Waals surface area (Å²) in [6.45, 7) is 8.09. The van der Waals surface area contributed by atoms with Crippen molar-refractivity contribution >= 4 is 17.7 Å². The van der Waals surface area contributed by atoms with E-state index in [9.17, 15) is 20.1 Å². The molecule has 206 valence electrons. The quantitative estimate of drug-likeness (QED) is 0.265. The Labute approximate surface area is 234 Å². The molecule has 0 bridgehead atoms. The Balaban J connectivity index is 1.71. The molecule has 0 amide bonds. The Hall–Kier alpha value is -3.42. The lowest BCUT2D eigenvalue weighted by molar-refractivity contribution is -0.160. The minimum absolute atomic E-state index is 0.0125. The fourth-order valence-corrected chi connectivity index (χ4v) is 6.10. The predicted molar refractivity (Wildman–Crippen MR) is 153 cm³/mol. The van der Waals surface area contributed by atoms with Crippen molar-refractivity contribution in [2.24, 2.45) is 0 Å². The molecule has 7 heteroatoms. The summed E-state index contributed by atoms with van der Waals surface area (Å²) >= 11 is 1.21. The van der Waals surface area contributed by atoms with Gasteiger partial charge in [0.1, 0.15) is 27.8 Å². The van der Waals surface area contributed by atoms with Gasteiger partial charge in [-0.15, -0.1) is 0 Å². The lowest BCUT2D eigenvalue weighted by Crippen LogP contribution is -2.38. The minimum atomic E-state index is -1.07. The minimum Gasteiger partial charge on any atom is -0.511 e. The molecule has 0 aliphatic carbocycles. The van der Waals surface area contributed by atoms with Crippen LogP contribution in [-0.2, 0) is 33.6 Å². The lowest BCUT2D eigenvalue weighted by Gasteiger charge is -2.38. The molecule has 1 aliphatic rings. The van der Waals surface area contributed by atoms with Crippen LogP contribution in [0.1, 0.15) is 61.4 Å². The van der Waals surface area contributed by atoms with Gasteiger partial charge >= 0.3 is 5.97 Å². The van der Waals surface area contributed by atoms with Gasteiger partial charge in [-0.05, 0) is 83.3 Å². The first-order chi connectivity index (χ1) is 18.5. The summed E-state index contributed by atoms with van der Waals surface area (Å²) in [7, 11) is 1.59. The third-order valence-corrected chi connectivity index (χ3v) is 8.35. The average Bonchev–Trinajstić information content (AvgIpc) is 2.90. The second-order valence-corrected chi connectivity index (χ2v) is 12.1. The number of phenols is 1. The van der Waals surface area contributed by atoms with Crippen LogP contribution < -0.4 is 4.74 Å². The van der Waals surface area contributed by atoms with E-state index in [0.717, 1.165) is 32.7 Å². The Morgan fingerprint density at radius 3 is 2.26 bits per heavy atom. The van der Waals surface area contributed by atoms with Gasteiger partial charge in [0.2, 0.25) is 0 Å². The molecule has 1 aliphatic heterocycles. The second kappa shape index (κ2) is 11.4. The molecule has 6 nitrogen and oxygen atoms in total. The number of esters is 1. The Morgan fingerprint density at radius 1 is 1.03 bits per heavy atom. The number of carbonyl (C=O) groups excluding carboxylic acids is 1. The molecule has 0 spiro atoms. The first-order valence-corrected chi connectivity index (χ1v) is 13.8. The summed E-state index contributed by atoms with van der Waals surface area (Å²) in [5, 5.41) is 30.8. The van der Waals surface area contributed by atoms with Gasteiger partial charge in [0, 0.05) is 4.90 Å². The van der Waals surface area contributed by atoms with Crippen molar-refractivity contribution in [1.29, 1.82) is 0 Å². The number of hydrogen-bond acceptors (Lipinski definition) is 7. The number of aromatic hydroxyl groups is 1. The molecule has 0 fully saturated rings. The standard InChI is InChI=1S/C32H36O6S/c1-20-16-28(26(31(2,3)4)17-22(20)19-33)39-29-27(35)18-32(38-30(29)36,23-8-12-25(37-5)13-9-23)15-14-21-6-10-24(34)11-7-21/h6-13,16-17,33-35H,14-15,18-19H2,1-5H3. The molecule has 3 N–H and O–H groups in total. The summed E-state index contributed by atoms with van der Waals surface area (Å²) in [6, 6.07) is 18.2. The summed E-state index contributed by atoms with van der Waals surface area (Å²) in [4.78, 5) is 14.6. The molecule has 1 atom stereocenters. The highest BCUT2D eigenvalue weighted by Crippen LogP contribution is 2.47. The number of aliphatic hydroxyl groups is 2. The number of benzene rings is 3. The molecule has 4 rings (SSSR count). The van der Waals surface area contributed by atoms with Gasteiger partial charge in [0.15, 0.2) is 0 Å². The van der Waals surface area contributed by atoms with E-state index in [2.05, 4.69) is 20.8 Å². The summed E-state index contributed by atoms with van der Waals surface area (Å²) in [5.41, 5.74) is 3.17. The van der Waals surface area contributed by atoms with Crippen molar-refractivity contribution in [3.05, 3.63) is 99.1 Å². The zero-order chi connectivity index (χ0) is 28.4. The lowest BCUT2D eigenvalue weighted by atomic mass is 9.82. The molecule has 39 heavy (non-hydrogen) atoms.